The van der Waals surface area contributed by atoms with Crippen LogP contribution in [0.25, 0.3) is 0 Å². The van der Waals surface area contributed by atoms with Crippen LogP contribution in [0.2, 0.25) is 0 Å². The molecule has 0 bridgehead atoms. The first-order chi connectivity index (χ1) is 8.75. The molecule has 0 unspecified atom stereocenters. The van der Waals surface area contributed by atoms with Crippen LogP contribution in [-0.4, -0.2) is 30.9 Å². The van der Waals surface area contributed by atoms with E-state index in [1.54, 1.807) is 0 Å². The molecule has 1 aromatic carbocycles. The van der Waals surface area contributed by atoms with Gasteiger partial charge >= 0.3 is 0 Å². The largest absolute Gasteiger partial charge is 0.476 e. The number of benzene rings is 1. The summed E-state index contributed by atoms with van der Waals surface area (Å²) < 4.78 is 5.29. The first-order valence-corrected chi connectivity index (χ1v) is 5.81. The molecule has 3 rings (SSSR count). The Morgan fingerprint density at radius 1 is 1.06 bits per heavy atom. The topological polar surface area (TPSA) is 67.8 Å². The zero-order valence-electron chi connectivity index (χ0n) is 9.89. The third-order valence-corrected chi connectivity index (χ3v) is 2.46. The molecule has 18 heavy (non-hydrogen) atoms. The van der Waals surface area contributed by atoms with Crippen LogP contribution in [0.4, 0.5) is 0 Å². The van der Waals surface area contributed by atoms with Gasteiger partial charge < -0.3 is 4.74 Å². The average molecular weight is 246 g/mol. The monoisotopic (exact) mass is 246 g/mol. The highest BCUT2D eigenvalue weighted by atomic mass is 16.5. The Hall–Kier alpha value is -2.17. The minimum absolute atomic E-state index is 0.148. The average Bonchev–Trinajstić information content (AvgIpc) is 3.03. The van der Waals surface area contributed by atoms with Crippen molar-refractivity contribution in [3.8, 4) is 0 Å². The van der Waals surface area contributed by atoms with E-state index in [1.165, 1.54) is 0 Å². The Balaban J connectivity index is 0.000000149. The molecule has 2 aliphatic rings. The standard InChI is InChI=1S/C9H9NO.C4H5NO2/c1-2-4-8(5-3-1)9-10-6-7-11-9;6-3-1-2-4(7)5-3/h1-5H,6-7H2;1-2H2,(H,5,6,7). The Morgan fingerprint density at radius 3 is 2.17 bits per heavy atom. The van der Waals surface area contributed by atoms with Crippen LogP contribution in [0, 0.1) is 0 Å². The summed E-state index contributed by atoms with van der Waals surface area (Å²) in [6, 6.07) is 9.96. The van der Waals surface area contributed by atoms with Crippen molar-refractivity contribution in [2.75, 3.05) is 13.2 Å². The van der Waals surface area contributed by atoms with Crippen LogP contribution in [-0.2, 0) is 14.3 Å². The van der Waals surface area contributed by atoms with Gasteiger partial charge in [-0.25, -0.2) is 4.99 Å². The fourth-order valence-electron chi connectivity index (χ4n) is 1.60. The van der Waals surface area contributed by atoms with Gasteiger partial charge in [-0.15, -0.1) is 0 Å². The number of carbonyl (C=O) groups is 2. The Labute approximate surface area is 105 Å². The van der Waals surface area contributed by atoms with Crippen molar-refractivity contribution in [1.29, 1.82) is 0 Å². The maximum Gasteiger partial charge on any atom is 0.227 e. The minimum Gasteiger partial charge on any atom is -0.476 e. The van der Waals surface area contributed by atoms with Crippen molar-refractivity contribution in [2.45, 2.75) is 12.8 Å². The van der Waals surface area contributed by atoms with Gasteiger partial charge in [-0.1, -0.05) is 18.2 Å². The highest BCUT2D eigenvalue weighted by Crippen LogP contribution is 2.06. The number of imide groups is 1. The number of hydrogen-bond acceptors (Lipinski definition) is 4. The number of ether oxygens (including phenoxy) is 1. The van der Waals surface area contributed by atoms with E-state index >= 15 is 0 Å². The van der Waals surface area contributed by atoms with Gasteiger partial charge in [0.05, 0.1) is 6.54 Å². The summed E-state index contributed by atoms with van der Waals surface area (Å²) in [7, 11) is 0. The number of aliphatic imine (C=N–C) groups is 1. The van der Waals surface area contributed by atoms with E-state index in [4.69, 9.17) is 4.74 Å². The van der Waals surface area contributed by atoms with Crippen molar-refractivity contribution in [2.24, 2.45) is 4.99 Å². The predicted octanol–water partition coefficient (Wildman–Crippen LogP) is 0.886. The van der Waals surface area contributed by atoms with E-state index in [0.717, 1.165) is 24.6 Å². The lowest BCUT2D eigenvalue weighted by Crippen LogP contribution is -2.18. The molecule has 0 saturated carbocycles. The minimum atomic E-state index is -0.148. The number of nitrogens with zero attached hydrogens (tertiary/aromatic N) is 1. The summed E-state index contributed by atoms with van der Waals surface area (Å²) in [5, 5.41) is 2.14. The molecular weight excluding hydrogens is 232 g/mol. The van der Waals surface area contributed by atoms with E-state index < -0.39 is 0 Å². The van der Waals surface area contributed by atoms with E-state index in [2.05, 4.69) is 10.3 Å². The Kier molecular flexibility index (Phi) is 4.06. The van der Waals surface area contributed by atoms with Gasteiger partial charge in [0.15, 0.2) is 0 Å². The van der Waals surface area contributed by atoms with Crippen LogP contribution >= 0.6 is 0 Å². The molecule has 0 aromatic heterocycles. The molecule has 94 valence electrons. The lowest BCUT2D eigenvalue weighted by molar-refractivity contribution is -0.124. The summed E-state index contributed by atoms with van der Waals surface area (Å²) >= 11 is 0. The van der Waals surface area contributed by atoms with Crippen LogP contribution in [0.5, 0.6) is 0 Å². The van der Waals surface area contributed by atoms with Gasteiger partial charge in [-0.2, -0.15) is 0 Å². The molecule has 1 N–H and O–H groups in total. The Bertz CT molecular complexity index is 454. The van der Waals surface area contributed by atoms with Crippen LogP contribution in [0.15, 0.2) is 35.3 Å². The van der Waals surface area contributed by atoms with Crippen LogP contribution in [0.3, 0.4) is 0 Å². The number of rotatable bonds is 1. The second-order valence-corrected chi connectivity index (χ2v) is 3.87. The van der Waals surface area contributed by atoms with E-state index in [0.29, 0.717) is 12.8 Å². The molecule has 0 spiro atoms. The van der Waals surface area contributed by atoms with Gasteiger partial charge in [0.25, 0.3) is 0 Å². The lowest BCUT2D eigenvalue weighted by atomic mass is 10.2. The smallest absolute Gasteiger partial charge is 0.227 e. The summed E-state index contributed by atoms with van der Waals surface area (Å²) in [4.78, 5) is 24.4. The van der Waals surface area contributed by atoms with E-state index in [1.807, 2.05) is 30.3 Å². The molecule has 2 heterocycles. The maximum atomic E-state index is 10.1. The van der Waals surface area contributed by atoms with E-state index in [9.17, 15) is 9.59 Å². The molecule has 1 aromatic rings. The molecule has 0 aliphatic carbocycles. The third-order valence-electron chi connectivity index (χ3n) is 2.46. The second kappa shape index (κ2) is 5.95. The lowest BCUT2D eigenvalue weighted by Gasteiger charge is -1.98. The zero-order valence-corrected chi connectivity index (χ0v) is 9.89. The highest BCUT2D eigenvalue weighted by Gasteiger charge is 2.15. The number of amides is 2. The molecule has 5 heteroatoms. The van der Waals surface area contributed by atoms with Crippen LogP contribution < -0.4 is 5.32 Å². The predicted molar refractivity (Wildman–Crippen MR) is 66.2 cm³/mol. The van der Waals surface area contributed by atoms with Crippen molar-refractivity contribution < 1.29 is 14.3 Å². The number of carbonyl (C=O) groups excluding carboxylic acids is 2. The van der Waals surface area contributed by atoms with Crippen molar-refractivity contribution in [3.05, 3.63) is 35.9 Å². The number of hydrogen-bond donors (Lipinski definition) is 1. The first-order valence-electron chi connectivity index (χ1n) is 5.81. The molecule has 0 radical (unpaired) electrons. The maximum absolute atomic E-state index is 10.1. The molecule has 2 aliphatic heterocycles. The van der Waals surface area contributed by atoms with Crippen LogP contribution in [0.1, 0.15) is 18.4 Å². The van der Waals surface area contributed by atoms with Gasteiger partial charge in [0.1, 0.15) is 6.61 Å². The summed E-state index contributed by atoms with van der Waals surface area (Å²) in [6.07, 6.45) is 0.748. The van der Waals surface area contributed by atoms with E-state index in [-0.39, 0.29) is 11.8 Å². The van der Waals surface area contributed by atoms with Crippen molar-refractivity contribution in [1.82, 2.24) is 5.32 Å². The fraction of sp³-hybridized carbons (Fsp3) is 0.308. The molecule has 1 saturated heterocycles. The van der Waals surface area contributed by atoms with Gasteiger partial charge in [-0.05, 0) is 12.1 Å². The van der Waals surface area contributed by atoms with Crippen molar-refractivity contribution >= 4 is 17.7 Å². The zero-order chi connectivity index (χ0) is 12.8. The Morgan fingerprint density at radius 2 is 1.72 bits per heavy atom. The summed E-state index contributed by atoms with van der Waals surface area (Å²) in [5.74, 6) is 0.487. The second-order valence-electron chi connectivity index (χ2n) is 3.87. The highest BCUT2D eigenvalue weighted by molar-refractivity contribution is 6.01. The van der Waals surface area contributed by atoms with Gasteiger partial charge in [-0.3, -0.25) is 14.9 Å². The summed E-state index contributed by atoms with van der Waals surface area (Å²) in [6.45, 7) is 1.52. The molecule has 1 fully saturated rings. The fourth-order valence-corrected chi connectivity index (χ4v) is 1.60. The quantitative estimate of drug-likeness (QED) is 0.748. The molecular formula is C13H14N2O3. The summed E-state index contributed by atoms with van der Waals surface area (Å²) in [5.41, 5.74) is 1.07. The first kappa shape index (κ1) is 12.3. The molecule has 2 amide bonds. The molecule has 0 atom stereocenters. The number of nitrogens with one attached hydrogen (secondary N) is 1. The van der Waals surface area contributed by atoms with Gasteiger partial charge in [0, 0.05) is 18.4 Å². The van der Waals surface area contributed by atoms with Gasteiger partial charge in [0.2, 0.25) is 17.7 Å². The van der Waals surface area contributed by atoms with Crippen molar-refractivity contribution in [3.63, 3.8) is 0 Å². The normalized spacial score (nSPS) is 17.4. The molecule has 5 nitrogen and oxygen atoms in total. The third kappa shape index (κ3) is 3.41. The SMILES string of the molecule is O=C1CCC(=O)N1.c1ccc(C2=NCCO2)cc1.